The van der Waals surface area contributed by atoms with Gasteiger partial charge < -0.3 is 10.6 Å². The molecule has 2 N–H and O–H groups in total. The van der Waals surface area contributed by atoms with Crippen LogP contribution in [0.4, 0.5) is 4.79 Å². The van der Waals surface area contributed by atoms with Crippen molar-refractivity contribution in [2.75, 3.05) is 13.1 Å². The molecule has 0 aliphatic carbocycles. The fourth-order valence-electron chi connectivity index (χ4n) is 2.05. The second kappa shape index (κ2) is 7.93. The molecular weight excluding hydrogens is 298 g/mol. The van der Waals surface area contributed by atoms with E-state index in [1.54, 1.807) is 17.5 Å². The highest BCUT2D eigenvalue weighted by Crippen LogP contribution is 2.16. The number of rotatable bonds is 7. The molecule has 22 heavy (non-hydrogen) atoms. The molecule has 0 saturated heterocycles. The van der Waals surface area contributed by atoms with E-state index in [1.807, 2.05) is 23.9 Å². The summed E-state index contributed by atoms with van der Waals surface area (Å²) in [5.41, 5.74) is 1.08. The summed E-state index contributed by atoms with van der Waals surface area (Å²) in [6.45, 7) is 8.19. The summed E-state index contributed by atoms with van der Waals surface area (Å²) >= 11 is 1.69. The van der Waals surface area contributed by atoms with E-state index >= 15 is 0 Å². The lowest BCUT2D eigenvalue weighted by Crippen LogP contribution is -2.39. The van der Waals surface area contributed by atoms with Gasteiger partial charge in [-0.2, -0.15) is 5.10 Å². The first-order valence-electron chi connectivity index (χ1n) is 7.46. The number of aromatic nitrogens is 3. The van der Waals surface area contributed by atoms with Crippen molar-refractivity contribution in [3.8, 4) is 0 Å². The van der Waals surface area contributed by atoms with Crippen LogP contribution in [-0.2, 0) is 13.0 Å². The number of carbonyl (C=O) groups is 1. The fourth-order valence-corrected chi connectivity index (χ4v) is 2.98. The maximum absolute atomic E-state index is 11.8. The van der Waals surface area contributed by atoms with Crippen molar-refractivity contribution in [2.45, 2.75) is 33.7 Å². The molecule has 0 fully saturated rings. The van der Waals surface area contributed by atoms with E-state index in [0.717, 1.165) is 23.7 Å². The number of aryl methyl sites for hydroxylation is 2. The Morgan fingerprint density at radius 1 is 1.41 bits per heavy atom. The summed E-state index contributed by atoms with van der Waals surface area (Å²) in [6, 6.07) is 1.77. The molecule has 120 valence electrons. The second-order valence-corrected chi connectivity index (χ2v) is 6.76. The molecule has 2 amide bonds. The van der Waals surface area contributed by atoms with Crippen LogP contribution in [-0.4, -0.2) is 33.9 Å². The average Bonchev–Trinajstić information content (AvgIpc) is 3.07. The molecule has 2 aromatic rings. The average molecular weight is 321 g/mol. The van der Waals surface area contributed by atoms with Crippen molar-refractivity contribution in [2.24, 2.45) is 5.92 Å². The zero-order valence-corrected chi connectivity index (χ0v) is 14.1. The summed E-state index contributed by atoms with van der Waals surface area (Å²) < 4.78 is 1.87. The van der Waals surface area contributed by atoms with E-state index in [4.69, 9.17) is 0 Å². The highest BCUT2D eigenvalue weighted by Gasteiger charge is 2.07. The van der Waals surface area contributed by atoms with Gasteiger partial charge in [-0.3, -0.25) is 4.68 Å². The van der Waals surface area contributed by atoms with Gasteiger partial charge in [0.15, 0.2) is 0 Å². The van der Waals surface area contributed by atoms with Gasteiger partial charge in [0.05, 0.1) is 10.7 Å². The van der Waals surface area contributed by atoms with E-state index in [2.05, 4.69) is 34.6 Å². The number of nitrogens with zero attached hydrogens (tertiary/aromatic N) is 3. The van der Waals surface area contributed by atoms with Gasteiger partial charge in [-0.1, -0.05) is 6.92 Å². The third-order valence-corrected chi connectivity index (χ3v) is 4.50. The van der Waals surface area contributed by atoms with E-state index in [1.165, 1.54) is 4.88 Å². The minimum atomic E-state index is -0.127. The van der Waals surface area contributed by atoms with Crippen LogP contribution in [0.1, 0.15) is 22.5 Å². The number of thiazole rings is 1. The smallest absolute Gasteiger partial charge is 0.314 e. The molecule has 1 atom stereocenters. The number of nitrogens with one attached hydrogen (secondary N) is 2. The number of hydrogen-bond acceptors (Lipinski definition) is 4. The molecule has 0 aromatic carbocycles. The molecule has 2 aromatic heterocycles. The minimum Gasteiger partial charge on any atom is -0.338 e. The van der Waals surface area contributed by atoms with Crippen LogP contribution < -0.4 is 10.6 Å². The molecular formula is C15H23N5OS. The molecule has 0 spiro atoms. The van der Waals surface area contributed by atoms with Crippen LogP contribution in [0.3, 0.4) is 0 Å². The lowest BCUT2D eigenvalue weighted by molar-refractivity contribution is 0.238. The Bertz CT molecular complexity index is 574. The standard InChI is InChI=1S/C15H23N5OS/c1-11(10-20-8-4-6-18-20)9-17-15(21)16-7-5-14-19-12(2)13(3)22-14/h4,6,8,11H,5,7,9-10H2,1-3H3,(H2,16,17,21)/t11-/m1/s1. The van der Waals surface area contributed by atoms with Crippen LogP contribution in [0.2, 0.25) is 0 Å². The molecule has 0 unspecified atom stereocenters. The number of hydrogen-bond donors (Lipinski definition) is 2. The largest absolute Gasteiger partial charge is 0.338 e. The maximum atomic E-state index is 11.8. The Morgan fingerprint density at radius 3 is 2.86 bits per heavy atom. The predicted octanol–water partition coefficient (Wildman–Crippen LogP) is 2.13. The SMILES string of the molecule is Cc1nc(CCNC(=O)NC[C@@H](C)Cn2cccn2)sc1C. The molecule has 2 heterocycles. The van der Waals surface area contributed by atoms with E-state index < -0.39 is 0 Å². The van der Waals surface area contributed by atoms with E-state index in [-0.39, 0.29) is 6.03 Å². The first kappa shape index (κ1) is 16.5. The van der Waals surface area contributed by atoms with Gasteiger partial charge in [0.2, 0.25) is 0 Å². The van der Waals surface area contributed by atoms with Gasteiger partial charge >= 0.3 is 6.03 Å². The van der Waals surface area contributed by atoms with Gasteiger partial charge in [-0.25, -0.2) is 9.78 Å². The lowest BCUT2D eigenvalue weighted by atomic mass is 10.2. The van der Waals surface area contributed by atoms with E-state index in [0.29, 0.717) is 19.0 Å². The Labute approximate surface area is 135 Å². The molecule has 0 aliphatic rings. The zero-order valence-electron chi connectivity index (χ0n) is 13.3. The minimum absolute atomic E-state index is 0.127. The molecule has 0 bridgehead atoms. The van der Waals surface area contributed by atoms with Crippen LogP contribution >= 0.6 is 11.3 Å². The second-order valence-electron chi connectivity index (χ2n) is 5.47. The van der Waals surface area contributed by atoms with Gasteiger partial charge in [-0.05, 0) is 25.8 Å². The molecule has 2 rings (SSSR count). The molecule has 0 saturated carbocycles. The van der Waals surface area contributed by atoms with Crippen molar-refractivity contribution in [3.05, 3.63) is 34.0 Å². The Kier molecular flexibility index (Phi) is 5.94. The van der Waals surface area contributed by atoms with Crippen LogP contribution in [0.25, 0.3) is 0 Å². The molecule has 6 nitrogen and oxygen atoms in total. The summed E-state index contributed by atoms with van der Waals surface area (Å²) in [7, 11) is 0. The highest BCUT2D eigenvalue weighted by molar-refractivity contribution is 7.11. The third kappa shape index (κ3) is 5.14. The Balaban J connectivity index is 1.61. The fraction of sp³-hybridized carbons (Fsp3) is 0.533. The number of urea groups is 1. The zero-order chi connectivity index (χ0) is 15.9. The van der Waals surface area contributed by atoms with Gasteiger partial charge in [-0.15, -0.1) is 11.3 Å². The summed E-state index contributed by atoms with van der Waals surface area (Å²) in [4.78, 5) is 17.5. The summed E-state index contributed by atoms with van der Waals surface area (Å²) in [5, 5.41) is 11.0. The lowest BCUT2D eigenvalue weighted by Gasteiger charge is -2.13. The van der Waals surface area contributed by atoms with Crippen molar-refractivity contribution in [1.82, 2.24) is 25.4 Å². The van der Waals surface area contributed by atoms with Crippen molar-refractivity contribution in [1.29, 1.82) is 0 Å². The Morgan fingerprint density at radius 2 is 2.23 bits per heavy atom. The van der Waals surface area contributed by atoms with Crippen molar-refractivity contribution < 1.29 is 4.79 Å². The van der Waals surface area contributed by atoms with Gasteiger partial charge in [0.25, 0.3) is 0 Å². The van der Waals surface area contributed by atoms with Crippen LogP contribution in [0.15, 0.2) is 18.5 Å². The first-order valence-corrected chi connectivity index (χ1v) is 8.28. The van der Waals surface area contributed by atoms with Crippen molar-refractivity contribution >= 4 is 17.4 Å². The topological polar surface area (TPSA) is 71.8 Å². The van der Waals surface area contributed by atoms with E-state index in [9.17, 15) is 4.79 Å². The van der Waals surface area contributed by atoms with Crippen molar-refractivity contribution in [3.63, 3.8) is 0 Å². The number of carbonyl (C=O) groups excluding carboxylic acids is 1. The normalized spacial score (nSPS) is 12.1. The maximum Gasteiger partial charge on any atom is 0.314 e. The first-order chi connectivity index (χ1) is 10.5. The van der Waals surface area contributed by atoms with Gasteiger partial charge in [0.1, 0.15) is 0 Å². The quantitative estimate of drug-likeness (QED) is 0.820. The number of amides is 2. The highest BCUT2D eigenvalue weighted by atomic mass is 32.1. The van der Waals surface area contributed by atoms with Crippen LogP contribution in [0.5, 0.6) is 0 Å². The van der Waals surface area contributed by atoms with Gasteiger partial charge in [0, 0.05) is 43.3 Å². The predicted molar refractivity (Wildman–Crippen MR) is 88.1 cm³/mol. The summed E-state index contributed by atoms with van der Waals surface area (Å²) in [5.74, 6) is 0.329. The molecule has 0 aliphatic heterocycles. The monoisotopic (exact) mass is 321 g/mol. The third-order valence-electron chi connectivity index (χ3n) is 3.37. The van der Waals surface area contributed by atoms with Crippen LogP contribution in [0, 0.1) is 19.8 Å². The molecule has 0 radical (unpaired) electrons. The summed E-state index contributed by atoms with van der Waals surface area (Å²) in [6.07, 6.45) is 4.46. The Hall–Kier alpha value is -1.89. The molecule has 7 heteroatoms.